The Morgan fingerprint density at radius 2 is 1.80 bits per heavy atom. The third-order valence-corrected chi connectivity index (χ3v) is 8.72. The molecule has 1 aromatic carbocycles. The molecule has 3 atom stereocenters. The number of nitrogens with zero attached hydrogens (tertiary/aromatic N) is 3. The molecule has 218 valence electrons. The highest BCUT2D eigenvalue weighted by molar-refractivity contribution is 5.71. The normalized spacial score (nSPS) is 18.2. The summed E-state index contributed by atoms with van der Waals surface area (Å²) >= 11 is 0. The Morgan fingerprint density at radius 1 is 1.05 bits per heavy atom. The van der Waals surface area contributed by atoms with Crippen molar-refractivity contribution in [2.75, 3.05) is 7.11 Å². The molecule has 2 aliphatic rings. The van der Waals surface area contributed by atoms with Gasteiger partial charge in [-0.25, -0.2) is 4.98 Å². The second kappa shape index (κ2) is 12.2. The highest BCUT2D eigenvalue weighted by atomic mass is 16.5. The molecule has 0 bridgehead atoms. The van der Waals surface area contributed by atoms with Crippen molar-refractivity contribution in [2.24, 2.45) is 11.8 Å². The fraction of sp³-hybridized carbons (Fsp3) is 0.500. The number of aliphatic carboxylic acids is 1. The molecule has 0 radical (unpaired) electrons. The van der Waals surface area contributed by atoms with Gasteiger partial charge in [0.15, 0.2) is 0 Å². The molecule has 1 saturated carbocycles. The van der Waals surface area contributed by atoms with Crippen molar-refractivity contribution in [3.8, 4) is 22.8 Å². The van der Waals surface area contributed by atoms with Gasteiger partial charge in [-0.2, -0.15) is 0 Å². The number of methoxy groups -OCH3 is 1. The lowest BCUT2D eigenvalue weighted by Crippen LogP contribution is -2.36. The smallest absolute Gasteiger partial charge is 0.306 e. The van der Waals surface area contributed by atoms with Crippen LogP contribution in [0.15, 0.2) is 48.7 Å². The number of rotatable bonds is 11. The molecule has 7 heteroatoms. The number of aryl methyl sites for hydroxylation is 1. The van der Waals surface area contributed by atoms with Gasteiger partial charge >= 0.3 is 5.97 Å². The van der Waals surface area contributed by atoms with Crippen LogP contribution in [0.4, 0.5) is 0 Å². The van der Waals surface area contributed by atoms with E-state index in [0.29, 0.717) is 30.4 Å². The Labute approximate surface area is 243 Å². The van der Waals surface area contributed by atoms with Crippen LogP contribution in [0, 0.1) is 11.8 Å². The average molecular weight is 558 g/mol. The van der Waals surface area contributed by atoms with E-state index in [2.05, 4.69) is 67.9 Å². The van der Waals surface area contributed by atoms with Crippen LogP contribution >= 0.6 is 0 Å². The van der Waals surface area contributed by atoms with Crippen molar-refractivity contribution in [2.45, 2.75) is 91.0 Å². The lowest BCUT2D eigenvalue weighted by atomic mass is 9.82. The van der Waals surface area contributed by atoms with Crippen LogP contribution in [-0.2, 0) is 17.8 Å². The van der Waals surface area contributed by atoms with Crippen LogP contribution < -0.4 is 9.47 Å². The van der Waals surface area contributed by atoms with Crippen LogP contribution in [0.1, 0.15) is 88.4 Å². The summed E-state index contributed by atoms with van der Waals surface area (Å²) in [5.74, 6) is 0.728. The third-order valence-electron chi connectivity index (χ3n) is 8.72. The number of carbonyl (C=O) groups is 1. The minimum absolute atomic E-state index is 0.0150. The van der Waals surface area contributed by atoms with E-state index in [4.69, 9.17) is 14.5 Å². The van der Waals surface area contributed by atoms with Crippen molar-refractivity contribution < 1.29 is 19.4 Å². The molecule has 2 aromatic heterocycles. The number of carboxylic acids is 1. The van der Waals surface area contributed by atoms with E-state index in [0.717, 1.165) is 59.5 Å². The van der Waals surface area contributed by atoms with E-state index in [1.807, 2.05) is 19.1 Å². The fourth-order valence-corrected chi connectivity index (χ4v) is 6.28. The Balaban J connectivity index is 1.47. The van der Waals surface area contributed by atoms with Gasteiger partial charge in [-0.15, -0.1) is 0 Å². The predicted octanol–water partition coefficient (Wildman–Crippen LogP) is 7.05. The zero-order chi connectivity index (χ0) is 29.3. The van der Waals surface area contributed by atoms with Crippen LogP contribution in [0.25, 0.3) is 11.1 Å². The summed E-state index contributed by atoms with van der Waals surface area (Å²) in [5.41, 5.74) is 6.26. The number of fused-ring (bicyclic) bond motifs is 1. The zero-order valence-corrected chi connectivity index (χ0v) is 25.1. The molecule has 0 saturated heterocycles. The lowest BCUT2D eigenvalue weighted by Gasteiger charge is -2.32. The number of pyridine rings is 2. The number of carboxylic acid groups (broad SMARTS) is 1. The molecule has 0 spiro atoms. The molecule has 3 aromatic rings. The van der Waals surface area contributed by atoms with E-state index in [1.54, 1.807) is 13.3 Å². The summed E-state index contributed by atoms with van der Waals surface area (Å²) < 4.78 is 12.0. The van der Waals surface area contributed by atoms with Gasteiger partial charge in [0, 0.05) is 36.5 Å². The van der Waals surface area contributed by atoms with Crippen LogP contribution in [-0.4, -0.2) is 45.1 Å². The molecule has 1 aliphatic heterocycles. The van der Waals surface area contributed by atoms with Crippen LogP contribution in [0.3, 0.4) is 0 Å². The first-order valence-electron chi connectivity index (χ1n) is 14.9. The summed E-state index contributed by atoms with van der Waals surface area (Å²) in [5, 5.41) is 9.76. The topological polar surface area (TPSA) is 84.8 Å². The number of hydrogen-bond donors (Lipinski definition) is 1. The van der Waals surface area contributed by atoms with Crippen molar-refractivity contribution in [1.29, 1.82) is 0 Å². The second-order valence-electron chi connectivity index (χ2n) is 12.2. The third kappa shape index (κ3) is 6.40. The Kier molecular flexibility index (Phi) is 8.64. The molecule has 7 nitrogen and oxygen atoms in total. The van der Waals surface area contributed by atoms with Crippen molar-refractivity contribution in [1.82, 2.24) is 14.9 Å². The van der Waals surface area contributed by atoms with Crippen molar-refractivity contribution >= 4 is 5.97 Å². The summed E-state index contributed by atoms with van der Waals surface area (Å²) in [6.45, 7) is 11.4. The Morgan fingerprint density at radius 3 is 2.46 bits per heavy atom. The van der Waals surface area contributed by atoms with Gasteiger partial charge in [-0.3, -0.25) is 14.7 Å². The molecule has 1 fully saturated rings. The Bertz CT molecular complexity index is 1380. The minimum atomic E-state index is -0.737. The van der Waals surface area contributed by atoms with E-state index in [-0.39, 0.29) is 12.0 Å². The Hall–Kier alpha value is -3.45. The van der Waals surface area contributed by atoms with E-state index >= 15 is 0 Å². The van der Waals surface area contributed by atoms with Gasteiger partial charge in [0.25, 0.3) is 0 Å². The summed E-state index contributed by atoms with van der Waals surface area (Å²) in [4.78, 5) is 23.9. The minimum Gasteiger partial charge on any atom is -0.484 e. The first-order valence-corrected chi connectivity index (χ1v) is 14.9. The number of benzene rings is 1. The average Bonchev–Trinajstić information content (AvgIpc) is 3.80. The van der Waals surface area contributed by atoms with Gasteiger partial charge in [0.2, 0.25) is 5.88 Å². The van der Waals surface area contributed by atoms with Crippen molar-refractivity contribution in [3.63, 3.8) is 0 Å². The molecular formula is C34H43N3O4. The standard InChI is InChI=1S/C34H43N3O4/c1-20(2)37(21(3)4)19-29-27(25-15-16-35-32(18-25)40-6)12-13-28(36-29)30-14-11-23-7-10-26(17-31(23)41-30)33(24-8-9-24)22(5)34(38)39/h7,10,12-13,15-18,20-22,24,30,33H,8-9,11,14,19H2,1-6H3,(H,38,39)/t22-,30?,33-/m0/s1. The highest BCUT2D eigenvalue weighted by Gasteiger charge is 2.39. The van der Waals surface area contributed by atoms with Gasteiger partial charge in [0.1, 0.15) is 11.9 Å². The van der Waals surface area contributed by atoms with E-state index in [1.165, 1.54) is 5.56 Å². The molecule has 1 N–H and O–H groups in total. The number of aromatic nitrogens is 2. The number of hydrogen-bond acceptors (Lipinski definition) is 6. The monoisotopic (exact) mass is 557 g/mol. The van der Waals surface area contributed by atoms with Crippen molar-refractivity contribution in [3.05, 3.63) is 71.2 Å². The molecule has 1 unspecified atom stereocenters. The highest BCUT2D eigenvalue weighted by Crippen LogP contribution is 2.48. The molecule has 1 aliphatic carbocycles. The molecule has 41 heavy (non-hydrogen) atoms. The largest absolute Gasteiger partial charge is 0.484 e. The zero-order valence-electron chi connectivity index (χ0n) is 25.1. The van der Waals surface area contributed by atoms with Gasteiger partial charge < -0.3 is 14.6 Å². The maximum absolute atomic E-state index is 11.9. The maximum Gasteiger partial charge on any atom is 0.306 e. The van der Waals surface area contributed by atoms with Gasteiger partial charge in [0.05, 0.1) is 24.4 Å². The molecule has 0 amide bonds. The quantitative estimate of drug-likeness (QED) is 0.270. The molecule has 5 rings (SSSR count). The van der Waals surface area contributed by atoms with Gasteiger partial charge in [-0.1, -0.05) is 25.1 Å². The van der Waals surface area contributed by atoms with E-state index in [9.17, 15) is 9.90 Å². The lowest BCUT2D eigenvalue weighted by molar-refractivity contribution is -0.142. The maximum atomic E-state index is 11.9. The summed E-state index contributed by atoms with van der Waals surface area (Å²) in [7, 11) is 1.63. The second-order valence-corrected chi connectivity index (χ2v) is 12.2. The van der Waals surface area contributed by atoms with E-state index < -0.39 is 11.9 Å². The summed E-state index contributed by atoms with van der Waals surface area (Å²) in [6.07, 6.45) is 5.53. The first-order chi connectivity index (χ1) is 19.7. The summed E-state index contributed by atoms with van der Waals surface area (Å²) in [6, 6.07) is 15.3. The SMILES string of the molecule is COc1cc(-c2ccc(C3CCc4ccc([C@H](C5CC5)[C@H](C)C(=O)O)cc4O3)nc2CN(C(C)C)C(C)C)ccn1. The van der Waals surface area contributed by atoms with Gasteiger partial charge in [-0.05, 0) is 100 Å². The fourth-order valence-electron chi connectivity index (χ4n) is 6.28. The predicted molar refractivity (Wildman–Crippen MR) is 160 cm³/mol. The molecule has 3 heterocycles. The first kappa shape index (κ1) is 29.1. The van der Waals surface area contributed by atoms with Crippen LogP contribution in [0.2, 0.25) is 0 Å². The van der Waals surface area contributed by atoms with Crippen LogP contribution in [0.5, 0.6) is 11.6 Å². The molecular weight excluding hydrogens is 514 g/mol. The number of ether oxygens (including phenoxy) is 2.